The molecule has 1 spiro atoms. The van der Waals surface area contributed by atoms with Gasteiger partial charge in [0.15, 0.2) is 0 Å². The molecule has 2 saturated carbocycles. The van der Waals surface area contributed by atoms with Crippen LogP contribution in [0.25, 0.3) is 0 Å². The number of alkyl halides is 2. The minimum atomic E-state index is -2.70. The topological polar surface area (TPSA) is 94.0 Å². The second-order valence-electron chi connectivity index (χ2n) is 17.8. The molecule has 9 nitrogen and oxygen atoms in total. The van der Waals surface area contributed by atoms with E-state index in [0.717, 1.165) is 12.0 Å². The number of carbonyl (C=O) groups excluding carboxylic acids is 3. The number of halogens is 3. The van der Waals surface area contributed by atoms with E-state index in [1.807, 2.05) is 28.0 Å². The van der Waals surface area contributed by atoms with E-state index in [1.165, 1.54) is 12.1 Å². The van der Waals surface area contributed by atoms with Crippen LogP contribution >= 0.6 is 0 Å². The van der Waals surface area contributed by atoms with Gasteiger partial charge in [-0.2, -0.15) is 5.10 Å². The Hall–Kier alpha value is -4.19. The lowest BCUT2D eigenvalue weighted by Gasteiger charge is -2.51. The van der Waals surface area contributed by atoms with E-state index in [2.05, 4.69) is 18.9 Å². The van der Waals surface area contributed by atoms with E-state index < -0.39 is 17.5 Å². The van der Waals surface area contributed by atoms with Crippen LogP contribution in [-0.2, 0) is 27.4 Å². The smallest absolute Gasteiger partial charge is 0.339 e. The Morgan fingerprint density at radius 3 is 2.28 bits per heavy atom. The van der Waals surface area contributed by atoms with Crippen LogP contribution in [0.2, 0.25) is 0 Å². The molecule has 2 amide bonds. The molecule has 54 heavy (non-hydrogen) atoms. The zero-order chi connectivity index (χ0) is 38.6. The number of rotatable bonds is 10. The number of aromatic nitrogens is 2. The molecule has 0 bridgehead atoms. The highest BCUT2D eigenvalue weighted by molar-refractivity contribution is 5.94. The largest absolute Gasteiger partial charge is 0.456 e. The van der Waals surface area contributed by atoms with Crippen molar-refractivity contribution in [3.8, 4) is 0 Å². The normalized spacial score (nSPS) is 23.0. The first kappa shape index (κ1) is 38.1. The molecule has 12 heteroatoms. The summed E-state index contributed by atoms with van der Waals surface area (Å²) in [7, 11) is 0. The third kappa shape index (κ3) is 8.09. The molecule has 2 aliphatic heterocycles. The third-order valence-electron chi connectivity index (χ3n) is 11.9. The number of ether oxygens (including phenoxy) is 2. The monoisotopic (exact) mass is 748 g/mol. The van der Waals surface area contributed by atoms with Crippen molar-refractivity contribution in [1.82, 2.24) is 19.6 Å². The summed E-state index contributed by atoms with van der Waals surface area (Å²) < 4.78 is 55.5. The van der Waals surface area contributed by atoms with E-state index in [1.54, 1.807) is 50.0 Å². The van der Waals surface area contributed by atoms with Crippen molar-refractivity contribution in [3.63, 3.8) is 0 Å². The van der Waals surface area contributed by atoms with Crippen LogP contribution < -0.4 is 0 Å². The van der Waals surface area contributed by atoms with Crippen LogP contribution in [0.1, 0.15) is 110 Å². The van der Waals surface area contributed by atoms with Gasteiger partial charge in [0, 0.05) is 62.5 Å². The number of likely N-dealkylation sites (tertiary alicyclic amines) is 2. The molecule has 2 aromatic carbocycles. The van der Waals surface area contributed by atoms with Crippen molar-refractivity contribution in [3.05, 3.63) is 88.5 Å². The van der Waals surface area contributed by atoms with Gasteiger partial charge in [-0.1, -0.05) is 44.2 Å². The maximum Gasteiger partial charge on any atom is 0.339 e. The van der Waals surface area contributed by atoms with Crippen LogP contribution in [0.15, 0.2) is 54.9 Å². The zero-order valence-electron chi connectivity index (χ0n) is 31.9. The SMILES string of the molecule is CC(C)(C)OC(=O)c1c(COC[C@@H]2CN(C(=O)c3cnn(Cc4ccc(F)cc4)c3)CC23CN(C(=O)[C@H]2CC2(C)C)C3)cccc1C1CCC(F)(F)CC1. The fraction of sp³-hybridized carbons (Fsp3) is 0.571. The number of hydrogen-bond acceptors (Lipinski definition) is 6. The Morgan fingerprint density at radius 2 is 1.63 bits per heavy atom. The first-order valence-electron chi connectivity index (χ1n) is 19.1. The van der Waals surface area contributed by atoms with Crippen molar-refractivity contribution < 1.29 is 37.0 Å². The van der Waals surface area contributed by atoms with Crippen molar-refractivity contribution in [1.29, 1.82) is 0 Å². The predicted molar refractivity (Wildman–Crippen MR) is 195 cm³/mol. The summed E-state index contributed by atoms with van der Waals surface area (Å²) in [5.74, 6) is -3.77. The Kier molecular flexibility index (Phi) is 9.98. The molecule has 3 aromatic rings. The molecule has 4 fully saturated rings. The Bertz CT molecular complexity index is 1890. The van der Waals surface area contributed by atoms with Gasteiger partial charge in [-0.15, -0.1) is 0 Å². The Balaban J connectivity index is 1.07. The predicted octanol–water partition coefficient (Wildman–Crippen LogP) is 7.48. The molecule has 7 rings (SSSR count). The number of benzene rings is 2. The molecule has 1 aromatic heterocycles. The second-order valence-corrected chi connectivity index (χ2v) is 17.8. The quantitative estimate of drug-likeness (QED) is 0.200. The number of hydrogen-bond donors (Lipinski definition) is 0. The fourth-order valence-electron chi connectivity index (χ4n) is 8.60. The molecule has 290 valence electrons. The van der Waals surface area contributed by atoms with Gasteiger partial charge in [0.2, 0.25) is 11.8 Å². The Morgan fingerprint density at radius 1 is 0.963 bits per heavy atom. The maximum absolute atomic E-state index is 14.1. The highest BCUT2D eigenvalue weighted by Gasteiger charge is 2.60. The first-order valence-corrected chi connectivity index (χ1v) is 19.1. The van der Waals surface area contributed by atoms with Crippen LogP contribution in [-0.4, -0.2) is 81.7 Å². The second kappa shape index (κ2) is 14.1. The summed E-state index contributed by atoms with van der Waals surface area (Å²) in [6.07, 6.45) is 4.23. The number of carbonyl (C=O) groups is 3. The summed E-state index contributed by atoms with van der Waals surface area (Å²) in [4.78, 5) is 44.7. The van der Waals surface area contributed by atoms with Crippen molar-refractivity contribution >= 4 is 17.8 Å². The van der Waals surface area contributed by atoms with E-state index in [-0.39, 0.29) is 85.1 Å². The molecule has 2 atom stereocenters. The highest BCUT2D eigenvalue weighted by atomic mass is 19.3. The van der Waals surface area contributed by atoms with Gasteiger partial charge in [-0.05, 0) is 80.2 Å². The lowest BCUT2D eigenvalue weighted by Crippen LogP contribution is -2.63. The lowest BCUT2D eigenvalue weighted by atomic mass is 9.71. The molecule has 0 N–H and O–H groups in total. The Labute approximate surface area is 315 Å². The minimum absolute atomic E-state index is 0.00692. The van der Waals surface area contributed by atoms with Crippen LogP contribution in [0.5, 0.6) is 0 Å². The summed E-state index contributed by atoms with van der Waals surface area (Å²) >= 11 is 0. The third-order valence-corrected chi connectivity index (χ3v) is 11.9. The van der Waals surface area contributed by atoms with Crippen molar-refractivity contribution in [2.75, 3.05) is 32.8 Å². The van der Waals surface area contributed by atoms with E-state index >= 15 is 0 Å². The van der Waals surface area contributed by atoms with Gasteiger partial charge in [0.25, 0.3) is 5.91 Å². The number of nitrogens with zero attached hydrogens (tertiary/aromatic N) is 4. The van der Waals surface area contributed by atoms with Crippen molar-refractivity contribution in [2.24, 2.45) is 22.7 Å². The van der Waals surface area contributed by atoms with Crippen LogP contribution in [0, 0.1) is 28.5 Å². The van der Waals surface area contributed by atoms with E-state index in [0.29, 0.717) is 55.0 Å². The molecule has 0 radical (unpaired) electrons. The van der Waals surface area contributed by atoms with Gasteiger partial charge in [-0.25, -0.2) is 18.0 Å². The van der Waals surface area contributed by atoms with E-state index in [4.69, 9.17) is 9.47 Å². The molecule has 0 unspecified atom stereocenters. The van der Waals surface area contributed by atoms with Gasteiger partial charge < -0.3 is 19.3 Å². The molecular weight excluding hydrogens is 697 g/mol. The summed E-state index contributed by atoms with van der Waals surface area (Å²) in [6, 6.07) is 11.7. The van der Waals surface area contributed by atoms with Gasteiger partial charge in [-0.3, -0.25) is 14.3 Å². The highest BCUT2D eigenvalue weighted by Crippen LogP contribution is 2.55. The number of amides is 2. The molecule has 3 heterocycles. The van der Waals surface area contributed by atoms with Gasteiger partial charge >= 0.3 is 5.97 Å². The fourth-order valence-corrected chi connectivity index (χ4v) is 8.60. The van der Waals surface area contributed by atoms with Crippen molar-refractivity contribution in [2.45, 2.75) is 97.3 Å². The molecule has 2 aliphatic carbocycles. The maximum atomic E-state index is 14.1. The first-order chi connectivity index (χ1) is 25.4. The average Bonchev–Trinajstić information content (AvgIpc) is 3.37. The van der Waals surface area contributed by atoms with Crippen LogP contribution in [0.3, 0.4) is 0 Å². The van der Waals surface area contributed by atoms with E-state index in [9.17, 15) is 27.6 Å². The van der Waals surface area contributed by atoms with Gasteiger partial charge in [0.05, 0.1) is 37.1 Å². The molecular formula is C42H51F3N4O5. The number of esters is 1. The van der Waals surface area contributed by atoms with Crippen LogP contribution in [0.4, 0.5) is 13.2 Å². The zero-order valence-corrected chi connectivity index (χ0v) is 31.9. The molecule has 4 aliphatic rings. The lowest BCUT2D eigenvalue weighted by molar-refractivity contribution is -0.148. The summed E-state index contributed by atoms with van der Waals surface area (Å²) in [6.45, 7) is 12.3. The summed E-state index contributed by atoms with van der Waals surface area (Å²) in [5.41, 5.74) is 1.93. The standard InChI is InChI=1S/C42H51F3N4O5/c1-39(2,3)54-38(52)35-29(7-6-8-33(35)28-13-15-42(44,45)16-14-28)22-53-23-31-21-47(24-41(31)25-48(26-41)37(51)34-17-40(34,4)5)36(50)30-18-46-49(20-30)19-27-9-11-32(43)12-10-27/h6-12,18,20,28,31,34H,13-17,19,21-26H2,1-5H3/t31-,34+/m0/s1. The minimum Gasteiger partial charge on any atom is -0.456 e. The average molecular weight is 749 g/mol. The summed E-state index contributed by atoms with van der Waals surface area (Å²) in [5, 5.41) is 4.39. The molecule has 2 saturated heterocycles. The van der Waals surface area contributed by atoms with Gasteiger partial charge in [0.1, 0.15) is 11.4 Å².